The highest BCUT2D eigenvalue weighted by Crippen LogP contribution is 2.18. The van der Waals surface area contributed by atoms with E-state index in [-0.39, 0.29) is 5.91 Å². The molecule has 0 aliphatic heterocycles. The molecular formula is C13H20BrN3O. The van der Waals surface area contributed by atoms with Gasteiger partial charge in [-0.05, 0) is 31.3 Å². The van der Waals surface area contributed by atoms with Crippen LogP contribution in [0.25, 0.3) is 0 Å². The second-order valence-electron chi connectivity index (χ2n) is 4.01. The molecule has 0 heterocycles. The summed E-state index contributed by atoms with van der Waals surface area (Å²) in [5.74, 6) is -0.124. The molecule has 0 fully saturated rings. The number of carbonyl (C=O) groups is 1. The second-order valence-corrected chi connectivity index (χ2v) is 4.93. The zero-order valence-corrected chi connectivity index (χ0v) is 12.5. The van der Waals surface area contributed by atoms with Crippen LogP contribution in [0.4, 0.5) is 5.69 Å². The number of rotatable bonds is 6. The molecule has 0 atom stereocenters. The summed E-state index contributed by atoms with van der Waals surface area (Å²) < 4.78 is 0.852. The quantitative estimate of drug-likeness (QED) is 0.791. The second kappa shape index (κ2) is 7.38. The van der Waals surface area contributed by atoms with E-state index < -0.39 is 0 Å². The van der Waals surface area contributed by atoms with Gasteiger partial charge < -0.3 is 16.0 Å². The third kappa shape index (κ3) is 4.31. The van der Waals surface area contributed by atoms with E-state index in [4.69, 9.17) is 5.73 Å². The van der Waals surface area contributed by atoms with Gasteiger partial charge in [0, 0.05) is 23.2 Å². The van der Waals surface area contributed by atoms with Crippen molar-refractivity contribution in [3.63, 3.8) is 0 Å². The topological polar surface area (TPSA) is 58.4 Å². The van der Waals surface area contributed by atoms with E-state index in [0.29, 0.717) is 17.8 Å². The number of nitrogens with two attached hydrogens (primary N) is 1. The molecule has 18 heavy (non-hydrogen) atoms. The predicted octanol–water partition coefficient (Wildman–Crippen LogP) is 2.10. The van der Waals surface area contributed by atoms with E-state index in [1.54, 1.807) is 12.1 Å². The highest BCUT2D eigenvalue weighted by atomic mass is 79.9. The number of benzene rings is 1. The Balaban J connectivity index is 2.53. The fourth-order valence-corrected chi connectivity index (χ4v) is 2.05. The molecule has 3 N–H and O–H groups in total. The van der Waals surface area contributed by atoms with Gasteiger partial charge in [0.05, 0.1) is 5.56 Å². The molecule has 0 spiro atoms. The highest BCUT2D eigenvalue weighted by molar-refractivity contribution is 9.10. The third-order valence-electron chi connectivity index (χ3n) is 2.87. The van der Waals surface area contributed by atoms with Crippen LogP contribution in [0.1, 0.15) is 24.2 Å². The Morgan fingerprint density at radius 1 is 1.39 bits per heavy atom. The number of nitrogen functional groups attached to an aromatic ring is 1. The Morgan fingerprint density at radius 2 is 2.06 bits per heavy atom. The fraction of sp³-hybridized carbons (Fsp3) is 0.462. The van der Waals surface area contributed by atoms with Crippen molar-refractivity contribution in [1.82, 2.24) is 10.2 Å². The van der Waals surface area contributed by atoms with Crippen molar-refractivity contribution in [3.05, 3.63) is 28.2 Å². The van der Waals surface area contributed by atoms with E-state index in [9.17, 15) is 4.79 Å². The molecule has 0 bridgehead atoms. The van der Waals surface area contributed by atoms with Crippen molar-refractivity contribution >= 4 is 27.5 Å². The van der Waals surface area contributed by atoms with Crippen LogP contribution in [0.2, 0.25) is 0 Å². The minimum Gasteiger partial charge on any atom is -0.398 e. The van der Waals surface area contributed by atoms with Crippen molar-refractivity contribution in [3.8, 4) is 0 Å². The van der Waals surface area contributed by atoms with Crippen LogP contribution in [-0.2, 0) is 0 Å². The molecule has 0 aromatic heterocycles. The molecular weight excluding hydrogens is 294 g/mol. The minimum atomic E-state index is -0.124. The number of nitrogens with one attached hydrogen (secondary N) is 1. The first-order chi connectivity index (χ1) is 8.58. The maximum Gasteiger partial charge on any atom is 0.253 e. The summed E-state index contributed by atoms with van der Waals surface area (Å²) >= 11 is 3.33. The maximum absolute atomic E-state index is 11.9. The number of anilines is 1. The van der Waals surface area contributed by atoms with Crippen LogP contribution < -0.4 is 11.1 Å². The van der Waals surface area contributed by atoms with E-state index in [2.05, 4.69) is 40.0 Å². The summed E-state index contributed by atoms with van der Waals surface area (Å²) in [4.78, 5) is 14.2. The van der Waals surface area contributed by atoms with Crippen molar-refractivity contribution < 1.29 is 4.79 Å². The molecule has 0 aliphatic rings. The molecule has 1 aromatic rings. The van der Waals surface area contributed by atoms with Gasteiger partial charge in [0.2, 0.25) is 0 Å². The first-order valence-corrected chi connectivity index (χ1v) is 6.93. The molecule has 100 valence electrons. The zero-order valence-electron chi connectivity index (χ0n) is 10.9. The number of likely N-dealkylation sites (N-methyl/N-ethyl adjacent to an activating group) is 1. The Morgan fingerprint density at radius 3 is 2.67 bits per heavy atom. The van der Waals surface area contributed by atoms with Crippen LogP contribution in [0.5, 0.6) is 0 Å². The molecule has 5 heteroatoms. The van der Waals surface area contributed by atoms with E-state index in [0.717, 1.165) is 24.1 Å². The molecule has 0 aliphatic carbocycles. The third-order valence-corrected chi connectivity index (χ3v) is 3.36. The summed E-state index contributed by atoms with van der Waals surface area (Å²) in [5, 5.41) is 2.88. The van der Waals surface area contributed by atoms with Crippen molar-refractivity contribution in [1.29, 1.82) is 0 Å². The molecule has 0 radical (unpaired) electrons. The number of carbonyl (C=O) groups excluding carboxylic acids is 1. The normalized spacial score (nSPS) is 10.7. The summed E-state index contributed by atoms with van der Waals surface area (Å²) in [5.41, 5.74) is 6.80. The Hall–Kier alpha value is -1.07. The van der Waals surface area contributed by atoms with Crippen molar-refractivity contribution in [2.45, 2.75) is 13.8 Å². The standard InChI is InChI=1S/C13H20BrN3O/c1-3-17(4-2)8-7-16-13(18)11-9-10(14)5-6-12(11)15/h5-6,9H,3-4,7-8,15H2,1-2H3,(H,16,18). The smallest absolute Gasteiger partial charge is 0.253 e. The van der Waals surface area contributed by atoms with Crippen LogP contribution in [-0.4, -0.2) is 37.0 Å². The lowest BCUT2D eigenvalue weighted by molar-refractivity contribution is 0.0949. The van der Waals surface area contributed by atoms with Gasteiger partial charge in [0.1, 0.15) is 0 Å². The first kappa shape index (κ1) is 15.0. The summed E-state index contributed by atoms with van der Waals surface area (Å²) in [6.07, 6.45) is 0. The average Bonchev–Trinajstić information content (AvgIpc) is 2.37. The highest BCUT2D eigenvalue weighted by Gasteiger charge is 2.10. The minimum absolute atomic E-state index is 0.124. The van der Waals surface area contributed by atoms with Crippen LogP contribution in [0.3, 0.4) is 0 Å². The Labute approximate surface area is 117 Å². The predicted molar refractivity (Wildman–Crippen MR) is 78.7 cm³/mol. The van der Waals surface area contributed by atoms with Crippen molar-refractivity contribution in [2.24, 2.45) is 0 Å². The zero-order chi connectivity index (χ0) is 13.5. The average molecular weight is 314 g/mol. The molecule has 1 aromatic carbocycles. The fourth-order valence-electron chi connectivity index (χ4n) is 1.69. The Bertz CT molecular complexity index is 405. The molecule has 0 saturated carbocycles. The first-order valence-electron chi connectivity index (χ1n) is 6.14. The largest absolute Gasteiger partial charge is 0.398 e. The van der Waals surface area contributed by atoms with E-state index in [1.165, 1.54) is 0 Å². The van der Waals surface area contributed by atoms with Crippen LogP contribution in [0.15, 0.2) is 22.7 Å². The van der Waals surface area contributed by atoms with Gasteiger partial charge in [0.15, 0.2) is 0 Å². The summed E-state index contributed by atoms with van der Waals surface area (Å²) in [6.45, 7) is 7.69. The molecule has 0 saturated heterocycles. The Kier molecular flexibility index (Phi) is 6.15. The van der Waals surface area contributed by atoms with Gasteiger partial charge >= 0.3 is 0 Å². The van der Waals surface area contributed by atoms with Crippen molar-refractivity contribution in [2.75, 3.05) is 31.9 Å². The van der Waals surface area contributed by atoms with E-state index in [1.807, 2.05) is 6.07 Å². The number of hydrogen-bond donors (Lipinski definition) is 2. The molecule has 1 rings (SSSR count). The van der Waals surface area contributed by atoms with Gasteiger partial charge in [-0.3, -0.25) is 4.79 Å². The monoisotopic (exact) mass is 313 g/mol. The lowest BCUT2D eigenvalue weighted by Gasteiger charge is -2.18. The molecule has 0 unspecified atom stereocenters. The van der Waals surface area contributed by atoms with Crippen LogP contribution >= 0.6 is 15.9 Å². The van der Waals surface area contributed by atoms with Crippen LogP contribution in [0, 0.1) is 0 Å². The van der Waals surface area contributed by atoms with Gasteiger partial charge in [0.25, 0.3) is 5.91 Å². The van der Waals surface area contributed by atoms with Gasteiger partial charge in [-0.15, -0.1) is 0 Å². The SMILES string of the molecule is CCN(CC)CCNC(=O)c1cc(Br)ccc1N. The van der Waals surface area contributed by atoms with Gasteiger partial charge in [-0.2, -0.15) is 0 Å². The lowest BCUT2D eigenvalue weighted by Crippen LogP contribution is -2.35. The number of nitrogens with zero attached hydrogens (tertiary/aromatic N) is 1. The molecule has 1 amide bonds. The van der Waals surface area contributed by atoms with Gasteiger partial charge in [-0.25, -0.2) is 0 Å². The van der Waals surface area contributed by atoms with Gasteiger partial charge in [-0.1, -0.05) is 29.8 Å². The summed E-state index contributed by atoms with van der Waals surface area (Å²) in [7, 11) is 0. The number of hydrogen-bond acceptors (Lipinski definition) is 3. The number of halogens is 1. The maximum atomic E-state index is 11.9. The number of amides is 1. The summed E-state index contributed by atoms with van der Waals surface area (Å²) in [6, 6.07) is 5.29. The van der Waals surface area contributed by atoms with E-state index >= 15 is 0 Å². The lowest BCUT2D eigenvalue weighted by atomic mass is 10.1. The molecule has 4 nitrogen and oxygen atoms in total.